The van der Waals surface area contributed by atoms with E-state index in [1.807, 2.05) is 0 Å². The van der Waals surface area contributed by atoms with E-state index in [-0.39, 0.29) is 28.5 Å². The van der Waals surface area contributed by atoms with Gasteiger partial charge in [-0.15, -0.1) is 10.2 Å². The van der Waals surface area contributed by atoms with Crippen molar-refractivity contribution in [2.24, 2.45) is 0 Å². The fourth-order valence-corrected chi connectivity index (χ4v) is 3.85. The van der Waals surface area contributed by atoms with Crippen LogP contribution < -0.4 is 5.32 Å². The lowest BCUT2D eigenvalue weighted by molar-refractivity contribution is -0.113. The Hall–Kier alpha value is -2.88. The second kappa shape index (κ2) is 9.55. The van der Waals surface area contributed by atoms with Gasteiger partial charge >= 0.3 is 11.9 Å². The van der Waals surface area contributed by atoms with Gasteiger partial charge in [0.25, 0.3) is 0 Å². The molecular formula is C19H22N4O5S. The van der Waals surface area contributed by atoms with Gasteiger partial charge in [0.05, 0.1) is 36.8 Å². The number of methoxy groups -OCH3 is 2. The zero-order valence-corrected chi connectivity index (χ0v) is 17.1. The molecule has 0 fully saturated rings. The first-order chi connectivity index (χ1) is 14.0. The van der Waals surface area contributed by atoms with Crippen LogP contribution in [0.15, 0.2) is 23.4 Å². The number of benzene rings is 1. The molecule has 2 aromatic rings. The minimum absolute atomic E-state index is 0.0845. The molecule has 0 saturated carbocycles. The summed E-state index contributed by atoms with van der Waals surface area (Å²) in [4.78, 5) is 36.3. The Morgan fingerprint density at radius 1 is 1.10 bits per heavy atom. The first kappa shape index (κ1) is 20.8. The van der Waals surface area contributed by atoms with Crippen molar-refractivity contribution in [3.8, 4) is 0 Å². The van der Waals surface area contributed by atoms with Gasteiger partial charge in [0.15, 0.2) is 5.16 Å². The molecule has 1 aliphatic heterocycles. The number of nitrogens with one attached hydrogen (secondary N) is 1. The van der Waals surface area contributed by atoms with Crippen LogP contribution in [0.2, 0.25) is 0 Å². The zero-order valence-electron chi connectivity index (χ0n) is 16.3. The highest BCUT2D eigenvalue weighted by Gasteiger charge is 2.19. The SMILES string of the molecule is COC(=O)c1ccc(C(=O)OC)c(NC(=O)CSc2nnc3n2CCCCC3)c1. The molecule has 0 bridgehead atoms. The van der Waals surface area contributed by atoms with Crippen LogP contribution in [-0.4, -0.2) is 52.6 Å². The molecule has 9 nitrogen and oxygen atoms in total. The quantitative estimate of drug-likeness (QED) is 0.562. The van der Waals surface area contributed by atoms with Crippen molar-refractivity contribution < 1.29 is 23.9 Å². The maximum absolute atomic E-state index is 12.5. The molecule has 29 heavy (non-hydrogen) atoms. The van der Waals surface area contributed by atoms with Crippen molar-refractivity contribution in [1.29, 1.82) is 0 Å². The highest BCUT2D eigenvalue weighted by Crippen LogP contribution is 2.23. The Morgan fingerprint density at radius 3 is 2.66 bits per heavy atom. The van der Waals surface area contributed by atoms with Crippen LogP contribution >= 0.6 is 11.8 Å². The number of rotatable bonds is 6. The highest BCUT2D eigenvalue weighted by molar-refractivity contribution is 7.99. The van der Waals surface area contributed by atoms with Crippen LogP contribution in [0.1, 0.15) is 45.8 Å². The number of esters is 2. The monoisotopic (exact) mass is 418 g/mol. The normalized spacial score (nSPS) is 13.2. The molecule has 10 heteroatoms. The largest absolute Gasteiger partial charge is 0.465 e. The average Bonchev–Trinajstić information content (AvgIpc) is 2.96. The van der Waals surface area contributed by atoms with Gasteiger partial charge in [-0.3, -0.25) is 4.79 Å². The summed E-state index contributed by atoms with van der Waals surface area (Å²) in [5.74, 6) is -0.497. The summed E-state index contributed by atoms with van der Waals surface area (Å²) < 4.78 is 11.5. The number of amides is 1. The van der Waals surface area contributed by atoms with Crippen LogP contribution in [0.3, 0.4) is 0 Å². The number of thioether (sulfide) groups is 1. The molecule has 0 radical (unpaired) electrons. The lowest BCUT2D eigenvalue weighted by Crippen LogP contribution is -2.18. The third-order valence-corrected chi connectivity index (χ3v) is 5.49. The number of aromatic nitrogens is 3. The van der Waals surface area contributed by atoms with Crippen LogP contribution in [0, 0.1) is 0 Å². The van der Waals surface area contributed by atoms with Gasteiger partial charge < -0.3 is 19.4 Å². The summed E-state index contributed by atoms with van der Waals surface area (Å²) in [5, 5.41) is 11.8. The average molecular weight is 418 g/mol. The smallest absolute Gasteiger partial charge is 0.339 e. The summed E-state index contributed by atoms with van der Waals surface area (Å²) in [6.45, 7) is 0.847. The van der Waals surface area contributed by atoms with Gasteiger partial charge in [0.1, 0.15) is 5.82 Å². The number of aryl methyl sites for hydroxylation is 1. The maximum Gasteiger partial charge on any atom is 0.339 e. The number of carbonyl (C=O) groups is 3. The van der Waals surface area contributed by atoms with E-state index in [4.69, 9.17) is 9.47 Å². The lowest BCUT2D eigenvalue weighted by atomic mass is 10.1. The van der Waals surface area contributed by atoms with Crippen molar-refractivity contribution in [1.82, 2.24) is 14.8 Å². The molecule has 1 aromatic heterocycles. The minimum atomic E-state index is -0.618. The summed E-state index contributed by atoms with van der Waals surface area (Å²) in [6.07, 6.45) is 4.20. The fraction of sp³-hybridized carbons (Fsp3) is 0.421. The zero-order chi connectivity index (χ0) is 20.8. The Kier molecular flexibility index (Phi) is 6.86. The Morgan fingerprint density at radius 2 is 1.90 bits per heavy atom. The molecule has 1 aliphatic rings. The van der Waals surface area contributed by atoms with Gasteiger partial charge in [0.2, 0.25) is 5.91 Å². The molecule has 154 valence electrons. The number of carbonyl (C=O) groups excluding carboxylic acids is 3. The summed E-state index contributed by atoms with van der Waals surface area (Å²) in [5.41, 5.74) is 0.547. The molecular weight excluding hydrogens is 396 g/mol. The van der Waals surface area contributed by atoms with E-state index < -0.39 is 11.9 Å². The molecule has 0 aliphatic carbocycles. The van der Waals surface area contributed by atoms with Crippen molar-refractivity contribution in [3.05, 3.63) is 35.2 Å². The number of anilines is 1. The Bertz CT molecular complexity index is 927. The van der Waals surface area contributed by atoms with Crippen molar-refractivity contribution in [2.75, 3.05) is 25.3 Å². The number of ether oxygens (including phenoxy) is 2. The first-order valence-electron chi connectivity index (χ1n) is 9.19. The molecule has 1 aromatic carbocycles. The van der Waals surface area contributed by atoms with Gasteiger partial charge in [-0.2, -0.15) is 0 Å². The third-order valence-electron chi connectivity index (χ3n) is 4.53. The predicted octanol–water partition coefficient (Wildman–Crippen LogP) is 2.31. The molecule has 0 spiro atoms. The standard InChI is InChI=1S/C19H22N4O5S/c1-27-17(25)12-7-8-13(18(26)28-2)14(10-12)20-16(24)11-29-19-22-21-15-6-4-3-5-9-23(15)19/h7-8,10H,3-6,9,11H2,1-2H3,(H,20,24). The van der Waals surface area contributed by atoms with Gasteiger partial charge in [0, 0.05) is 13.0 Å². The van der Waals surface area contributed by atoms with E-state index in [0.717, 1.165) is 38.1 Å². The Balaban J connectivity index is 1.72. The molecule has 1 amide bonds. The van der Waals surface area contributed by atoms with Crippen LogP contribution in [0.25, 0.3) is 0 Å². The molecule has 2 heterocycles. The summed E-state index contributed by atoms with van der Waals surface area (Å²) >= 11 is 1.28. The molecule has 3 rings (SSSR count). The second-order valence-corrected chi connectivity index (χ2v) is 7.38. The van der Waals surface area contributed by atoms with E-state index in [9.17, 15) is 14.4 Å². The third kappa shape index (κ3) is 4.94. The van der Waals surface area contributed by atoms with E-state index in [1.165, 1.54) is 44.2 Å². The van der Waals surface area contributed by atoms with E-state index in [2.05, 4.69) is 20.1 Å². The van der Waals surface area contributed by atoms with E-state index in [0.29, 0.717) is 5.16 Å². The summed E-state index contributed by atoms with van der Waals surface area (Å²) in [6, 6.07) is 4.25. The van der Waals surface area contributed by atoms with Gasteiger partial charge in [-0.1, -0.05) is 18.2 Å². The molecule has 1 N–H and O–H groups in total. The number of hydrogen-bond donors (Lipinski definition) is 1. The molecule has 0 unspecified atom stereocenters. The van der Waals surface area contributed by atoms with E-state index in [1.54, 1.807) is 0 Å². The minimum Gasteiger partial charge on any atom is -0.465 e. The number of nitrogens with zero attached hydrogens (tertiary/aromatic N) is 3. The van der Waals surface area contributed by atoms with Crippen LogP contribution in [-0.2, 0) is 27.2 Å². The van der Waals surface area contributed by atoms with Crippen molar-refractivity contribution in [2.45, 2.75) is 37.4 Å². The van der Waals surface area contributed by atoms with E-state index >= 15 is 0 Å². The van der Waals surface area contributed by atoms with Crippen LogP contribution in [0.4, 0.5) is 5.69 Å². The van der Waals surface area contributed by atoms with Crippen molar-refractivity contribution >= 4 is 35.3 Å². The topological polar surface area (TPSA) is 112 Å². The van der Waals surface area contributed by atoms with Crippen LogP contribution in [0.5, 0.6) is 0 Å². The fourth-order valence-electron chi connectivity index (χ4n) is 3.06. The maximum atomic E-state index is 12.5. The Labute approximate surface area is 172 Å². The first-order valence-corrected chi connectivity index (χ1v) is 10.2. The van der Waals surface area contributed by atoms with Crippen molar-refractivity contribution in [3.63, 3.8) is 0 Å². The second-order valence-electron chi connectivity index (χ2n) is 6.44. The predicted molar refractivity (Wildman–Crippen MR) is 106 cm³/mol. The van der Waals surface area contributed by atoms with Gasteiger partial charge in [-0.05, 0) is 31.0 Å². The lowest BCUT2D eigenvalue weighted by Gasteiger charge is -2.11. The number of fused-ring (bicyclic) bond motifs is 1. The number of hydrogen-bond acceptors (Lipinski definition) is 8. The molecule has 0 atom stereocenters. The highest BCUT2D eigenvalue weighted by atomic mass is 32.2. The molecule has 0 saturated heterocycles. The summed E-state index contributed by atoms with van der Waals surface area (Å²) in [7, 11) is 2.50. The van der Waals surface area contributed by atoms with Gasteiger partial charge in [-0.25, -0.2) is 9.59 Å².